The number of rotatable bonds is 5. The van der Waals surface area contributed by atoms with Crippen LogP contribution in [-0.4, -0.2) is 32.9 Å². The van der Waals surface area contributed by atoms with Crippen LogP contribution in [0, 0.1) is 0 Å². The molecule has 0 saturated carbocycles. The summed E-state index contributed by atoms with van der Waals surface area (Å²) in [4.78, 5) is 27.8. The number of hydrogen-bond donors (Lipinski definition) is 3. The minimum Gasteiger partial charge on any atom is -0.506 e. The molecule has 0 atom stereocenters. The number of methoxy groups -OCH3 is 1. The van der Waals surface area contributed by atoms with Crippen molar-refractivity contribution in [1.82, 2.24) is 20.1 Å². The molecule has 4 rings (SSSR count). The predicted molar refractivity (Wildman–Crippen MR) is 113 cm³/mol. The fraction of sp³-hybridized carbons (Fsp3) is 0.0952. The molecule has 0 unspecified atom stereocenters. The van der Waals surface area contributed by atoms with Gasteiger partial charge in [-0.15, -0.1) is 0 Å². The van der Waals surface area contributed by atoms with Crippen molar-refractivity contribution in [1.29, 1.82) is 0 Å². The van der Waals surface area contributed by atoms with Gasteiger partial charge in [-0.3, -0.25) is 9.59 Å². The summed E-state index contributed by atoms with van der Waals surface area (Å²) in [6.45, 7) is 0.164. The largest absolute Gasteiger partial charge is 0.506 e. The maximum atomic E-state index is 12.6. The molecule has 30 heavy (non-hydrogen) atoms. The summed E-state index contributed by atoms with van der Waals surface area (Å²) in [7, 11) is 1.55. The zero-order chi connectivity index (χ0) is 21.3. The van der Waals surface area contributed by atoms with Crippen LogP contribution in [0.3, 0.4) is 0 Å². The number of aromatic amines is 1. The molecule has 2 aromatic heterocycles. The van der Waals surface area contributed by atoms with Crippen LogP contribution in [0.2, 0.25) is 5.02 Å². The molecule has 152 valence electrons. The topological polar surface area (TPSA) is 109 Å². The molecule has 2 heterocycles. The highest BCUT2D eigenvalue weighted by molar-refractivity contribution is 6.30. The van der Waals surface area contributed by atoms with Crippen molar-refractivity contribution in [2.45, 2.75) is 6.54 Å². The van der Waals surface area contributed by atoms with E-state index >= 15 is 0 Å². The number of nitrogens with one attached hydrogen (secondary N) is 2. The van der Waals surface area contributed by atoms with Crippen LogP contribution >= 0.6 is 11.6 Å². The number of pyridine rings is 1. The smallest absolute Gasteiger partial charge is 0.266 e. The van der Waals surface area contributed by atoms with Gasteiger partial charge in [-0.1, -0.05) is 23.7 Å². The summed E-state index contributed by atoms with van der Waals surface area (Å²) in [5.74, 6) is -0.478. The molecule has 0 spiro atoms. The lowest BCUT2D eigenvalue weighted by atomic mass is 10.1. The zero-order valence-corrected chi connectivity index (χ0v) is 16.6. The molecule has 4 aromatic rings. The van der Waals surface area contributed by atoms with Gasteiger partial charge in [0.1, 0.15) is 22.7 Å². The number of halogens is 1. The second kappa shape index (κ2) is 7.92. The molecule has 0 aliphatic carbocycles. The number of nitrogens with zero attached hydrogens (tertiary/aromatic N) is 2. The summed E-state index contributed by atoms with van der Waals surface area (Å²) in [5.41, 5.74) is 0.596. The Hall–Kier alpha value is -3.78. The van der Waals surface area contributed by atoms with Crippen LogP contribution in [0.15, 0.2) is 59.5 Å². The minimum atomic E-state index is -0.723. The molecule has 3 N–H and O–H groups in total. The summed E-state index contributed by atoms with van der Waals surface area (Å²) >= 11 is 5.91. The standard InChI is InChI=1S/C21H17ClN4O4/c1-30-15-4-2-3-12(9-15)10-23-20(28)17-18(27)16-11-24-26(19(16)25-21(17)29)14-7-5-13(22)6-8-14/h2-9,11H,10H2,1H3,(H,23,28)(H2,25,27,29). The quantitative estimate of drug-likeness (QED) is 0.456. The lowest BCUT2D eigenvalue weighted by Crippen LogP contribution is -2.29. The van der Waals surface area contributed by atoms with E-state index in [0.717, 1.165) is 5.56 Å². The van der Waals surface area contributed by atoms with Crippen LogP contribution in [-0.2, 0) is 6.54 Å². The third-order valence-electron chi connectivity index (χ3n) is 4.61. The molecule has 0 aliphatic rings. The highest BCUT2D eigenvalue weighted by Gasteiger charge is 2.21. The first-order chi connectivity index (χ1) is 14.5. The number of H-pyrrole nitrogens is 1. The van der Waals surface area contributed by atoms with Crippen molar-refractivity contribution in [2.24, 2.45) is 0 Å². The third kappa shape index (κ3) is 3.60. The number of aromatic hydroxyl groups is 1. The van der Waals surface area contributed by atoms with E-state index in [0.29, 0.717) is 16.5 Å². The lowest BCUT2D eigenvalue weighted by Gasteiger charge is -2.09. The average Bonchev–Trinajstić information content (AvgIpc) is 3.17. The number of ether oxygens (including phenoxy) is 1. The van der Waals surface area contributed by atoms with Gasteiger partial charge in [-0.25, -0.2) is 4.68 Å². The molecular weight excluding hydrogens is 408 g/mol. The van der Waals surface area contributed by atoms with Gasteiger partial charge in [-0.05, 0) is 42.0 Å². The van der Waals surface area contributed by atoms with Crippen molar-refractivity contribution >= 4 is 28.5 Å². The Balaban J connectivity index is 1.65. The van der Waals surface area contributed by atoms with Crippen LogP contribution in [0.25, 0.3) is 16.7 Å². The molecular formula is C21H17ClN4O4. The monoisotopic (exact) mass is 424 g/mol. The van der Waals surface area contributed by atoms with Crippen molar-refractivity contribution in [3.8, 4) is 17.2 Å². The fourth-order valence-electron chi connectivity index (χ4n) is 3.10. The summed E-state index contributed by atoms with van der Waals surface area (Å²) in [5, 5.41) is 18.3. The first kappa shape index (κ1) is 19.5. The minimum absolute atomic E-state index is 0.164. The Morgan fingerprint density at radius 3 is 2.77 bits per heavy atom. The average molecular weight is 425 g/mol. The van der Waals surface area contributed by atoms with Gasteiger partial charge in [0.15, 0.2) is 0 Å². The second-order valence-corrected chi connectivity index (χ2v) is 6.94. The molecule has 8 nitrogen and oxygen atoms in total. The Labute approximate surface area is 175 Å². The SMILES string of the molecule is COc1cccc(CNC(=O)c2c(O)c3cnn(-c4ccc(Cl)cc4)c3[nH]c2=O)c1. The number of benzene rings is 2. The Morgan fingerprint density at radius 2 is 2.03 bits per heavy atom. The molecule has 1 amide bonds. The zero-order valence-electron chi connectivity index (χ0n) is 15.8. The number of hydrogen-bond acceptors (Lipinski definition) is 5. The van der Waals surface area contributed by atoms with E-state index in [1.165, 1.54) is 10.9 Å². The number of carbonyl (C=O) groups excluding carboxylic acids is 1. The summed E-state index contributed by atoms with van der Waals surface area (Å²) in [6, 6.07) is 14.0. The molecule has 0 saturated heterocycles. The van der Waals surface area contributed by atoms with E-state index in [2.05, 4.69) is 15.4 Å². The van der Waals surface area contributed by atoms with Gasteiger partial charge in [0.25, 0.3) is 11.5 Å². The highest BCUT2D eigenvalue weighted by Crippen LogP contribution is 2.26. The molecule has 9 heteroatoms. The van der Waals surface area contributed by atoms with Crippen LogP contribution in [0.5, 0.6) is 11.5 Å². The van der Waals surface area contributed by atoms with Gasteiger partial charge in [0.2, 0.25) is 0 Å². The predicted octanol–water partition coefficient (Wildman–Crippen LogP) is 3.01. The first-order valence-electron chi connectivity index (χ1n) is 8.98. The Kier molecular flexibility index (Phi) is 5.16. The number of amides is 1. The van der Waals surface area contributed by atoms with Crippen LogP contribution < -0.4 is 15.6 Å². The highest BCUT2D eigenvalue weighted by atomic mass is 35.5. The third-order valence-corrected chi connectivity index (χ3v) is 4.86. The van der Waals surface area contributed by atoms with Crippen molar-refractivity contribution < 1.29 is 14.6 Å². The maximum absolute atomic E-state index is 12.6. The summed E-state index contributed by atoms with van der Waals surface area (Å²) < 4.78 is 6.60. The van der Waals surface area contributed by atoms with Gasteiger partial charge >= 0.3 is 0 Å². The Bertz CT molecular complexity index is 1290. The van der Waals surface area contributed by atoms with E-state index in [9.17, 15) is 14.7 Å². The van der Waals surface area contributed by atoms with Gasteiger partial charge in [0.05, 0.1) is 24.4 Å². The van der Waals surface area contributed by atoms with Gasteiger partial charge in [0, 0.05) is 11.6 Å². The van der Waals surface area contributed by atoms with E-state index in [4.69, 9.17) is 16.3 Å². The van der Waals surface area contributed by atoms with Crippen molar-refractivity contribution in [3.63, 3.8) is 0 Å². The van der Waals surface area contributed by atoms with E-state index in [1.807, 2.05) is 6.07 Å². The van der Waals surface area contributed by atoms with Gasteiger partial charge in [-0.2, -0.15) is 5.10 Å². The molecule has 0 aliphatic heterocycles. The maximum Gasteiger partial charge on any atom is 0.266 e. The second-order valence-electron chi connectivity index (χ2n) is 6.51. The van der Waals surface area contributed by atoms with E-state index in [-0.39, 0.29) is 23.1 Å². The number of aromatic nitrogens is 3. The normalized spacial score (nSPS) is 10.9. The van der Waals surface area contributed by atoms with E-state index in [1.54, 1.807) is 49.6 Å². The molecule has 0 radical (unpaired) electrons. The van der Waals surface area contributed by atoms with Crippen molar-refractivity contribution in [2.75, 3.05) is 7.11 Å². The van der Waals surface area contributed by atoms with Crippen LogP contribution in [0.4, 0.5) is 0 Å². The first-order valence-corrected chi connectivity index (χ1v) is 9.36. The molecule has 2 aromatic carbocycles. The van der Waals surface area contributed by atoms with Gasteiger partial charge < -0.3 is 20.1 Å². The van der Waals surface area contributed by atoms with Crippen molar-refractivity contribution in [3.05, 3.63) is 81.2 Å². The number of fused-ring (bicyclic) bond motifs is 1. The number of carbonyl (C=O) groups is 1. The molecule has 0 bridgehead atoms. The fourth-order valence-corrected chi connectivity index (χ4v) is 3.22. The lowest BCUT2D eigenvalue weighted by molar-refractivity contribution is 0.0947. The van der Waals surface area contributed by atoms with E-state index < -0.39 is 17.2 Å². The van der Waals surface area contributed by atoms with Crippen LogP contribution in [0.1, 0.15) is 15.9 Å². The molecule has 0 fully saturated rings. The summed E-state index contributed by atoms with van der Waals surface area (Å²) in [6.07, 6.45) is 1.38. The Morgan fingerprint density at radius 1 is 1.27 bits per heavy atom.